The zero-order valence-corrected chi connectivity index (χ0v) is 14.7. The van der Waals surface area contributed by atoms with Gasteiger partial charge in [-0.3, -0.25) is 4.79 Å². The van der Waals surface area contributed by atoms with Crippen LogP contribution in [0.3, 0.4) is 0 Å². The van der Waals surface area contributed by atoms with Gasteiger partial charge in [0, 0.05) is 17.1 Å². The van der Waals surface area contributed by atoms with Crippen LogP contribution in [-0.4, -0.2) is 24.6 Å². The summed E-state index contributed by atoms with van der Waals surface area (Å²) in [5.74, 6) is 1.38. The average Bonchev–Trinajstić information content (AvgIpc) is 2.95. The predicted octanol–water partition coefficient (Wildman–Crippen LogP) is 3.00. The highest BCUT2D eigenvalue weighted by atomic mass is 32.2. The van der Waals surface area contributed by atoms with E-state index < -0.39 is 0 Å². The summed E-state index contributed by atoms with van der Waals surface area (Å²) in [4.78, 5) is 25.9. The molecule has 0 atom stereocenters. The van der Waals surface area contributed by atoms with Crippen LogP contribution in [0.5, 0.6) is 0 Å². The number of aromatic nitrogens is 5. The van der Waals surface area contributed by atoms with Crippen LogP contribution in [0.1, 0.15) is 16.5 Å². The number of rotatable bonds is 3. The van der Waals surface area contributed by atoms with Gasteiger partial charge < -0.3 is 0 Å². The molecule has 0 bridgehead atoms. The van der Waals surface area contributed by atoms with Crippen LogP contribution in [-0.2, 0) is 5.75 Å². The van der Waals surface area contributed by atoms with Crippen molar-refractivity contribution in [3.05, 3.63) is 57.2 Å². The van der Waals surface area contributed by atoms with Crippen molar-refractivity contribution >= 4 is 39.0 Å². The van der Waals surface area contributed by atoms with Crippen molar-refractivity contribution in [3.8, 4) is 0 Å². The van der Waals surface area contributed by atoms with E-state index in [0.717, 1.165) is 26.8 Å². The molecule has 0 saturated heterocycles. The predicted molar refractivity (Wildman–Crippen MR) is 95.7 cm³/mol. The van der Waals surface area contributed by atoms with E-state index in [1.807, 2.05) is 38.1 Å². The molecule has 120 valence electrons. The molecule has 8 heteroatoms. The Kier molecular flexibility index (Phi) is 3.78. The molecule has 0 unspecified atom stereocenters. The Balaban J connectivity index is 1.68. The van der Waals surface area contributed by atoms with E-state index in [2.05, 4.69) is 20.1 Å². The number of para-hydroxylation sites is 1. The minimum atomic E-state index is -0.145. The lowest BCUT2D eigenvalue weighted by molar-refractivity contribution is 0.870. The second-order valence-corrected chi connectivity index (χ2v) is 7.31. The second-order valence-electron chi connectivity index (χ2n) is 5.31. The summed E-state index contributed by atoms with van der Waals surface area (Å²) in [6.07, 6.45) is 0. The number of nitrogens with zero attached hydrogens (tertiary/aromatic N) is 5. The van der Waals surface area contributed by atoms with Gasteiger partial charge in [-0.05, 0) is 19.9 Å². The molecule has 0 aliphatic heterocycles. The third kappa shape index (κ3) is 2.78. The lowest BCUT2D eigenvalue weighted by Crippen LogP contribution is -2.14. The van der Waals surface area contributed by atoms with Crippen molar-refractivity contribution in [2.75, 3.05) is 0 Å². The van der Waals surface area contributed by atoms with Crippen molar-refractivity contribution in [3.63, 3.8) is 0 Å². The first-order valence-electron chi connectivity index (χ1n) is 7.33. The molecule has 0 saturated carbocycles. The lowest BCUT2D eigenvalue weighted by Gasteiger charge is -2.05. The molecule has 0 radical (unpaired) electrons. The Morgan fingerprint density at radius 1 is 1.17 bits per heavy atom. The van der Waals surface area contributed by atoms with Crippen LogP contribution in [0.25, 0.3) is 15.9 Å². The molecule has 4 aromatic rings. The highest BCUT2D eigenvalue weighted by molar-refractivity contribution is 7.98. The highest BCUT2D eigenvalue weighted by Crippen LogP contribution is 2.29. The third-order valence-corrected chi connectivity index (χ3v) is 5.52. The number of fused-ring (bicyclic) bond motifs is 2. The van der Waals surface area contributed by atoms with Crippen LogP contribution in [0.2, 0.25) is 0 Å². The SMILES string of the molecule is Cc1cc(=O)n2nc(CSc3nc(C)nc4ccccc34)sc2n1. The number of thioether (sulfide) groups is 1. The number of hydrogen-bond donors (Lipinski definition) is 0. The smallest absolute Gasteiger partial charge is 0.267 e. The zero-order chi connectivity index (χ0) is 16.7. The molecule has 0 spiro atoms. The van der Waals surface area contributed by atoms with Gasteiger partial charge in [0.1, 0.15) is 15.9 Å². The van der Waals surface area contributed by atoms with Gasteiger partial charge in [0.15, 0.2) is 0 Å². The summed E-state index contributed by atoms with van der Waals surface area (Å²) < 4.78 is 1.36. The van der Waals surface area contributed by atoms with E-state index in [4.69, 9.17) is 0 Å². The van der Waals surface area contributed by atoms with E-state index in [1.54, 1.807) is 11.8 Å². The monoisotopic (exact) mass is 355 g/mol. The summed E-state index contributed by atoms with van der Waals surface area (Å²) in [6, 6.07) is 9.44. The fourth-order valence-electron chi connectivity index (χ4n) is 2.42. The highest BCUT2D eigenvalue weighted by Gasteiger charge is 2.11. The van der Waals surface area contributed by atoms with Crippen LogP contribution < -0.4 is 5.56 Å². The maximum atomic E-state index is 11.9. The molecule has 3 aromatic heterocycles. The minimum absolute atomic E-state index is 0.145. The van der Waals surface area contributed by atoms with Crippen molar-refractivity contribution < 1.29 is 0 Å². The Hall–Kier alpha value is -2.32. The van der Waals surface area contributed by atoms with Crippen molar-refractivity contribution in [1.82, 2.24) is 24.6 Å². The molecule has 24 heavy (non-hydrogen) atoms. The fourth-order valence-corrected chi connectivity index (χ4v) is 4.41. The average molecular weight is 355 g/mol. The molecule has 0 aliphatic carbocycles. The molecule has 6 nitrogen and oxygen atoms in total. The Labute approximate surface area is 145 Å². The van der Waals surface area contributed by atoms with Gasteiger partial charge >= 0.3 is 0 Å². The van der Waals surface area contributed by atoms with E-state index in [9.17, 15) is 4.79 Å². The Bertz CT molecular complexity index is 1120. The van der Waals surface area contributed by atoms with Crippen molar-refractivity contribution in [2.24, 2.45) is 0 Å². The molecule has 1 aromatic carbocycles. The van der Waals surface area contributed by atoms with Crippen LogP contribution >= 0.6 is 23.1 Å². The third-order valence-electron chi connectivity index (χ3n) is 3.43. The van der Waals surface area contributed by atoms with E-state index in [1.165, 1.54) is 21.9 Å². The molecule has 0 fully saturated rings. The van der Waals surface area contributed by atoms with Gasteiger partial charge in [0.2, 0.25) is 4.96 Å². The van der Waals surface area contributed by atoms with Crippen molar-refractivity contribution in [1.29, 1.82) is 0 Å². The minimum Gasteiger partial charge on any atom is -0.267 e. The maximum Gasteiger partial charge on any atom is 0.275 e. The molecule has 0 amide bonds. The standard InChI is InChI=1S/C16H13N5OS2/c1-9-7-14(22)21-16(17-9)24-13(20-21)8-23-15-11-5-3-4-6-12(11)18-10(2)19-15/h3-7H,8H2,1-2H3. The van der Waals surface area contributed by atoms with Gasteiger partial charge in [-0.1, -0.05) is 41.3 Å². The first kappa shape index (κ1) is 15.2. The first-order chi connectivity index (χ1) is 11.6. The Morgan fingerprint density at radius 3 is 2.88 bits per heavy atom. The molecule has 0 N–H and O–H groups in total. The van der Waals surface area contributed by atoms with Gasteiger partial charge in [-0.2, -0.15) is 9.61 Å². The number of hydrogen-bond acceptors (Lipinski definition) is 7. The Morgan fingerprint density at radius 2 is 2.00 bits per heavy atom. The summed E-state index contributed by atoms with van der Waals surface area (Å²) in [5.41, 5.74) is 1.50. The van der Waals surface area contributed by atoms with Gasteiger partial charge in [0.25, 0.3) is 5.56 Å². The fraction of sp³-hybridized carbons (Fsp3) is 0.188. The quantitative estimate of drug-likeness (QED) is 0.415. The largest absolute Gasteiger partial charge is 0.275 e. The molecule has 0 aliphatic rings. The molecular formula is C16H13N5OS2. The summed E-state index contributed by atoms with van der Waals surface area (Å²) in [6.45, 7) is 3.70. The van der Waals surface area contributed by atoms with Gasteiger partial charge in [-0.25, -0.2) is 15.0 Å². The summed E-state index contributed by atoms with van der Waals surface area (Å²) >= 11 is 3.03. The molecule has 4 rings (SSSR count). The van der Waals surface area contributed by atoms with Crippen LogP contribution in [0.4, 0.5) is 0 Å². The summed E-state index contributed by atoms with van der Waals surface area (Å²) in [7, 11) is 0. The zero-order valence-electron chi connectivity index (χ0n) is 13.1. The van der Waals surface area contributed by atoms with Crippen LogP contribution in [0.15, 0.2) is 40.2 Å². The van der Waals surface area contributed by atoms with Crippen molar-refractivity contribution in [2.45, 2.75) is 24.6 Å². The van der Waals surface area contributed by atoms with Crippen LogP contribution in [0, 0.1) is 13.8 Å². The van der Waals surface area contributed by atoms with Gasteiger partial charge in [-0.15, -0.1) is 0 Å². The van der Waals surface area contributed by atoms with E-state index >= 15 is 0 Å². The first-order valence-corrected chi connectivity index (χ1v) is 9.13. The maximum absolute atomic E-state index is 11.9. The normalized spacial score (nSPS) is 11.4. The second kappa shape index (κ2) is 5.95. The van der Waals surface area contributed by atoms with E-state index in [-0.39, 0.29) is 5.56 Å². The summed E-state index contributed by atoms with van der Waals surface area (Å²) in [5, 5.41) is 7.16. The van der Waals surface area contributed by atoms with Gasteiger partial charge in [0.05, 0.1) is 11.3 Å². The van der Waals surface area contributed by atoms with E-state index in [0.29, 0.717) is 16.4 Å². The molecular weight excluding hydrogens is 342 g/mol. The number of aryl methyl sites for hydroxylation is 2. The topological polar surface area (TPSA) is 73.0 Å². The lowest BCUT2D eigenvalue weighted by atomic mass is 10.2. The number of benzene rings is 1. The molecule has 3 heterocycles.